The van der Waals surface area contributed by atoms with Crippen LogP contribution in [0.5, 0.6) is 0 Å². The zero-order valence-electron chi connectivity index (χ0n) is 14.0. The molecular formula is C17H29Cl2N3O. The van der Waals surface area contributed by atoms with Crippen molar-refractivity contribution in [3.63, 3.8) is 0 Å². The molecule has 132 valence electrons. The minimum Gasteiger partial charge on any atom is -0.370 e. The number of hydrogen-bond acceptors (Lipinski definition) is 3. The Hall–Kier alpha value is -0.970. The van der Waals surface area contributed by atoms with Gasteiger partial charge in [0.05, 0.1) is 6.54 Å². The van der Waals surface area contributed by atoms with Gasteiger partial charge in [0.15, 0.2) is 0 Å². The fourth-order valence-electron chi connectivity index (χ4n) is 2.47. The van der Waals surface area contributed by atoms with Crippen molar-refractivity contribution < 1.29 is 4.79 Å². The normalized spacial score (nSPS) is 12.8. The molecule has 0 saturated heterocycles. The molecule has 1 amide bonds. The van der Waals surface area contributed by atoms with E-state index in [0.29, 0.717) is 13.1 Å². The average molecular weight is 362 g/mol. The largest absolute Gasteiger partial charge is 0.370 e. The van der Waals surface area contributed by atoms with Crippen LogP contribution in [0.3, 0.4) is 0 Å². The smallest absolute Gasteiger partial charge is 0.234 e. The summed E-state index contributed by atoms with van der Waals surface area (Å²) in [6, 6.07) is 8.38. The van der Waals surface area contributed by atoms with E-state index >= 15 is 0 Å². The summed E-state index contributed by atoms with van der Waals surface area (Å²) in [5.41, 5.74) is 2.53. The van der Waals surface area contributed by atoms with E-state index < -0.39 is 0 Å². The summed E-state index contributed by atoms with van der Waals surface area (Å²) in [6.07, 6.45) is 2.63. The fraction of sp³-hybridized carbons (Fsp3) is 0.588. The van der Waals surface area contributed by atoms with Gasteiger partial charge < -0.3 is 15.5 Å². The lowest BCUT2D eigenvalue weighted by Gasteiger charge is -2.25. The van der Waals surface area contributed by atoms with Crippen LogP contribution in [0.4, 0.5) is 5.69 Å². The minimum atomic E-state index is 0. The molecule has 0 heterocycles. The molecule has 4 nitrogen and oxygen atoms in total. The summed E-state index contributed by atoms with van der Waals surface area (Å²) >= 11 is 0. The standard InChI is InChI=1S/C17H27N3O.2ClH/c1-3-20(16-7-5-4-6-14(16)2)11-10-19-17(21)13-18-12-15-8-9-15;;/h4-7,15,18H,3,8-13H2,1-2H3,(H,19,21);2*1H. The maximum Gasteiger partial charge on any atom is 0.234 e. The third-order valence-corrected chi connectivity index (χ3v) is 3.96. The molecule has 1 aliphatic rings. The number of aryl methyl sites for hydroxylation is 1. The molecule has 0 bridgehead atoms. The highest BCUT2D eigenvalue weighted by Crippen LogP contribution is 2.27. The summed E-state index contributed by atoms with van der Waals surface area (Å²) in [4.78, 5) is 14.0. The average Bonchev–Trinajstić information content (AvgIpc) is 3.29. The Kier molecular flexibility index (Phi) is 11.1. The van der Waals surface area contributed by atoms with Crippen molar-refractivity contribution >= 4 is 36.4 Å². The number of para-hydroxylation sites is 1. The van der Waals surface area contributed by atoms with Crippen molar-refractivity contribution in [1.29, 1.82) is 0 Å². The number of anilines is 1. The summed E-state index contributed by atoms with van der Waals surface area (Å²) in [5.74, 6) is 0.908. The topological polar surface area (TPSA) is 44.4 Å². The highest BCUT2D eigenvalue weighted by molar-refractivity contribution is 5.85. The van der Waals surface area contributed by atoms with Gasteiger partial charge >= 0.3 is 0 Å². The van der Waals surface area contributed by atoms with E-state index in [2.05, 4.69) is 53.6 Å². The van der Waals surface area contributed by atoms with Gasteiger partial charge in [0.2, 0.25) is 5.91 Å². The summed E-state index contributed by atoms with van der Waals surface area (Å²) < 4.78 is 0. The summed E-state index contributed by atoms with van der Waals surface area (Å²) in [7, 11) is 0. The number of halogens is 2. The molecule has 1 aliphatic carbocycles. The molecule has 0 aromatic heterocycles. The first-order valence-corrected chi connectivity index (χ1v) is 7.98. The van der Waals surface area contributed by atoms with Crippen molar-refractivity contribution in [2.24, 2.45) is 5.92 Å². The van der Waals surface area contributed by atoms with Gasteiger partial charge in [-0.1, -0.05) is 18.2 Å². The van der Waals surface area contributed by atoms with Crippen molar-refractivity contribution in [3.8, 4) is 0 Å². The second kappa shape index (κ2) is 11.5. The predicted octanol–water partition coefficient (Wildman–Crippen LogP) is 2.78. The first kappa shape index (κ1) is 22.0. The van der Waals surface area contributed by atoms with Gasteiger partial charge in [-0.05, 0) is 50.8 Å². The molecule has 1 aromatic rings. The molecule has 6 heteroatoms. The van der Waals surface area contributed by atoms with Gasteiger partial charge in [0.1, 0.15) is 0 Å². The molecule has 1 aromatic carbocycles. The van der Waals surface area contributed by atoms with Crippen LogP contribution in [0.2, 0.25) is 0 Å². The number of nitrogens with one attached hydrogen (secondary N) is 2. The van der Waals surface area contributed by atoms with Crippen molar-refractivity contribution in [2.75, 3.05) is 37.6 Å². The molecule has 0 unspecified atom stereocenters. The molecule has 1 saturated carbocycles. The molecule has 2 rings (SSSR count). The maximum atomic E-state index is 11.7. The molecule has 0 radical (unpaired) electrons. The summed E-state index contributed by atoms with van der Waals surface area (Å²) in [5, 5.41) is 6.20. The Morgan fingerprint density at radius 3 is 2.57 bits per heavy atom. The van der Waals surface area contributed by atoms with Gasteiger partial charge in [-0.15, -0.1) is 24.8 Å². The number of hydrogen-bond donors (Lipinski definition) is 2. The van der Waals surface area contributed by atoms with Crippen molar-refractivity contribution in [1.82, 2.24) is 10.6 Å². The molecular weight excluding hydrogens is 333 g/mol. The van der Waals surface area contributed by atoms with Gasteiger partial charge in [-0.3, -0.25) is 4.79 Å². The number of likely N-dealkylation sites (N-methyl/N-ethyl adjacent to an activating group) is 1. The third-order valence-electron chi connectivity index (χ3n) is 3.96. The maximum absolute atomic E-state index is 11.7. The van der Waals surface area contributed by atoms with E-state index in [4.69, 9.17) is 0 Å². The van der Waals surface area contributed by atoms with Crippen LogP contribution in [-0.2, 0) is 4.79 Å². The molecule has 0 spiro atoms. The number of benzene rings is 1. The lowest BCUT2D eigenvalue weighted by molar-refractivity contribution is -0.120. The first-order valence-electron chi connectivity index (χ1n) is 7.98. The molecule has 1 fully saturated rings. The van der Waals surface area contributed by atoms with Gasteiger partial charge in [-0.25, -0.2) is 0 Å². The van der Waals surface area contributed by atoms with E-state index in [-0.39, 0.29) is 30.7 Å². The zero-order chi connectivity index (χ0) is 15.1. The highest BCUT2D eigenvalue weighted by atomic mass is 35.5. The van der Waals surface area contributed by atoms with Crippen molar-refractivity contribution in [3.05, 3.63) is 29.8 Å². The van der Waals surface area contributed by atoms with Crippen LogP contribution in [0.25, 0.3) is 0 Å². The molecule has 2 N–H and O–H groups in total. The number of carbonyl (C=O) groups is 1. The lowest BCUT2D eigenvalue weighted by Crippen LogP contribution is -2.39. The van der Waals surface area contributed by atoms with Gasteiger partial charge in [0.25, 0.3) is 0 Å². The van der Waals surface area contributed by atoms with Gasteiger partial charge in [0, 0.05) is 25.3 Å². The Bertz CT molecular complexity index is 467. The minimum absolute atomic E-state index is 0. The molecule has 23 heavy (non-hydrogen) atoms. The summed E-state index contributed by atoms with van der Waals surface area (Å²) in [6.45, 7) is 8.16. The van der Waals surface area contributed by atoms with Crippen LogP contribution >= 0.6 is 24.8 Å². The Morgan fingerprint density at radius 1 is 1.26 bits per heavy atom. The van der Waals surface area contributed by atoms with E-state index in [0.717, 1.165) is 25.6 Å². The number of rotatable bonds is 9. The lowest BCUT2D eigenvalue weighted by atomic mass is 10.2. The second-order valence-corrected chi connectivity index (χ2v) is 5.79. The predicted molar refractivity (Wildman–Crippen MR) is 102 cm³/mol. The van der Waals surface area contributed by atoms with Crippen LogP contribution in [0.15, 0.2) is 24.3 Å². The number of amides is 1. The third kappa shape index (κ3) is 7.91. The van der Waals surface area contributed by atoms with Crippen LogP contribution in [-0.4, -0.2) is 38.6 Å². The molecule has 0 aliphatic heterocycles. The van der Waals surface area contributed by atoms with Crippen LogP contribution < -0.4 is 15.5 Å². The number of carbonyl (C=O) groups excluding carboxylic acids is 1. The Balaban J connectivity index is 0.00000242. The van der Waals surface area contributed by atoms with Crippen LogP contribution in [0, 0.1) is 12.8 Å². The van der Waals surface area contributed by atoms with Crippen molar-refractivity contribution in [2.45, 2.75) is 26.7 Å². The fourth-order valence-corrected chi connectivity index (χ4v) is 2.47. The van der Waals surface area contributed by atoms with E-state index in [9.17, 15) is 4.79 Å². The van der Waals surface area contributed by atoms with Crippen LogP contribution in [0.1, 0.15) is 25.3 Å². The Labute approximate surface area is 152 Å². The van der Waals surface area contributed by atoms with Gasteiger partial charge in [-0.2, -0.15) is 0 Å². The van der Waals surface area contributed by atoms with E-state index in [1.165, 1.54) is 24.1 Å². The Morgan fingerprint density at radius 2 is 1.96 bits per heavy atom. The second-order valence-electron chi connectivity index (χ2n) is 5.79. The number of nitrogens with zero attached hydrogens (tertiary/aromatic N) is 1. The highest BCUT2D eigenvalue weighted by Gasteiger charge is 2.20. The zero-order valence-corrected chi connectivity index (χ0v) is 15.6. The van der Waals surface area contributed by atoms with E-state index in [1.807, 2.05) is 0 Å². The first-order chi connectivity index (χ1) is 10.2. The van der Waals surface area contributed by atoms with E-state index in [1.54, 1.807) is 0 Å². The monoisotopic (exact) mass is 361 g/mol. The SMILES string of the molecule is CCN(CCNC(=O)CNCC1CC1)c1ccccc1C.Cl.Cl. The molecule has 0 atom stereocenters. The quantitative estimate of drug-likeness (QED) is 0.710.